The lowest BCUT2D eigenvalue weighted by atomic mass is 10.2. The van der Waals surface area contributed by atoms with Gasteiger partial charge in [0.15, 0.2) is 12.2 Å². The van der Waals surface area contributed by atoms with E-state index in [0.717, 1.165) is 33.9 Å². The standard InChI is InChI=1S/C10H11BrN2OS/c1-2-12-4-8-10(14-6-13-8)7-3-9(11)15-5-7/h3,5-6,12H,2,4H2,1H3. The van der Waals surface area contributed by atoms with Gasteiger partial charge in [-0.25, -0.2) is 4.98 Å². The van der Waals surface area contributed by atoms with Crippen LogP contribution in [0.25, 0.3) is 11.3 Å². The van der Waals surface area contributed by atoms with E-state index in [9.17, 15) is 0 Å². The number of hydrogen-bond acceptors (Lipinski definition) is 4. The molecule has 1 N–H and O–H groups in total. The molecule has 0 saturated carbocycles. The number of halogens is 1. The van der Waals surface area contributed by atoms with Crippen LogP contribution in [0.15, 0.2) is 26.0 Å². The normalized spacial score (nSPS) is 10.8. The van der Waals surface area contributed by atoms with Crippen molar-refractivity contribution in [3.8, 4) is 11.3 Å². The topological polar surface area (TPSA) is 38.1 Å². The largest absolute Gasteiger partial charge is 0.443 e. The fraction of sp³-hybridized carbons (Fsp3) is 0.300. The maximum atomic E-state index is 5.40. The maximum Gasteiger partial charge on any atom is 0.181 e. The highest BCUT2D eigenvalue weighted by Gasteiger charge is 2.11. The number of thiophene rings is 1. The summed E-state index contributed by atoms with van der Waals surface area (Å²) in [5.74, 6) is 0.859. The predicted molar refractivity (Wildman–Crippen MR) is 64.9 cm³/mol. The minimum absolute atomic E-state index is 0.746. The lowest BCUT2D eigenvalue weighted by Gasteiger charge is -1.99. The average molecular weight is 287 g/mol. The van der Waals surface area contributed by atoms with E-state index in [1.807, 2.05) is 6.07 Å². The molecule has 0 unspecified atom stereocenters. The van der Waals surface area contributed by atoms with Gasteiger partial charge >= 0.3 is 0 Å². The number of nitrogens with one attached hydrogen (secondary N) is 1. The first kappa shape index (κ1) is 10.9. The van der Waals surface area contributed by atoms with Gasteiger partial charge in [0.1, 0.15) is 5.69 Å². The molecule has 5 heteroatoms. The van der Waals surface area contributed by atoms with Crippen LogP contribution < -0.4 is 5.32 Å². The molecular weight excluding hydrogens is 276 g/mol. The highest BCUT2D eigenvalue weighted by Crippen LogP contribution is 2.30. The Balaban J connectivity index is 2.24. The van der Waals surface area contributed by atoms with E-state index in [-0.39, 0.29) is 0 Å². The van der Waals surface area contributed by atoms with Crippen molar-refractivity contribution in [3.63, 3.8) is 0 Å². The van der Waals surface area contributed by atoms with Crippen LogP contribution in [0, 0.1) is 0 Å². The third-order valence-corrected chi connectivity index (χ3v) is 3.52. The zero-order valence-corrected chi connectivity index (χ0v) is 10.7. The van der Waals surface area contributed by atoms with Crippen LogP contribution in [0.5, 0.6) is 0 Å². The lowest BCUT2D eigenvalue weighted by Crippen LogP contribution is -2.12. The Bertz CT molecular complexity index is 438. The fourth-order valence-corrected chi connectivity index (χ4v) is 2.44. The molecule has 3 nitrogen and oxygen atoms in total. The van der Waals surface area contributed by atoms with E-state index >= 15 is 0 Å². The molecule has 2 aromatic heterocycles. The summed E-state index contributed by atoms with van der Waals surface area (Å²) in [6, 6.07) is 2.04. The number of oxazole rings is 1. The first-order chi connectivity index (χ1) is 7.31. The quantitative estimate of drug-likeness (QED) is 0.937. The van der Waals surface area contributed by atoms with Crippen LogP contribution in [-0.2, 0) is 6.54 Å². The van der Waals surface area contributed by atoms with Crippen molar-refractivity contribution in [1.82, 2.24) is 10.3 Å². The third-order valence-electron chi connectivity index (χ3n) is 2.01. The second-order valence-corrected chi connectivity index (χ2v) is 5.34. The summed E-state index contributed by atoms with van der Waals surface area (Å²) in [7, 11) is 0. The summed E-state index contributed by atoms with van der Waals surface area (Å²) in [5.41, 5.74) is 2.04. The van der Waals surface area contributed by atoms with Crippen LogP contribution in [0.3, 0.4) is 0 Å². The van der Waals surface area contributed by atoms with E-state index in [0.29, 0.717) is 0 Å². The number of hydrogen-bond donors (Lipinski definition) is 1. The molecule has 0 aromatic carbocycles. The minimum Gasteiger partial charge on any atom is -0.443 e. The van der Waals surface area contributed by atoms with Crippen LogP contribution >= 0.6 is 27.3 Å². The minimum atomic E-state index is 0.746. The molecule has 0 saturated heterocycles. The summed E-state index contributed by atoms with van der Waals surface area (Å²) in [5, 5.41) is 5.29. The van der Waals surface area contributed by atoms with Gasteiger partial charge in [-0.15, -0.1) is 11.3 Å². The van der Waals surface area contributed by atoms with E-state index in [1.54, 1.807) is 11.3 Å². The molecule has 0 radical (unpaired) electrons. The maximum absolute atomic E-state index is 5.40. The Hall–Kier alpha value is -0.650. The van der Waals surface area contributed by atoms with Crippen LogP contribution in [-0.4, -0.2) is 11.5 Å². The highest BCUT2D eigenvalue weighted by molar-refractivity contribution is 9.11. The Morgan fingerprint density at radius 3 is 3.13 bits per heavy atom. The van der Waals surface area contributed by atoms with E-state index in [1.165, 1.54) is 6.39 Å². The van der Waals surface area contributed by atoms with Gasteiger partial charge in [0, 0.05) is 17.5 Å². The van der Waals surface area contributed by atoms with Crippen molar-refractivity contribution in [2.45, 2.75) is 13.5 Å². The summed E-state index contributed by atoms with van der Waals surface area (Å²) in [6.45, 7) is 3.75. The number of nitrogens with zero attached hydrogens (tertiary/aromatic N) is 1. The molecule has 2 aromatic rings. The van der Waals surface area contributed by atoms with Gasteiger partial charge in [-0.2, -0.15) is 0 Å². The van der Waals surface area contributed by atoms with Crippen LogP contribution in [0.4, 0.5) is 0 Å². The van der Waals surface area contributed by atoms with Gasteiger partial charge in [0.25, 0.3) is 0 Å². The number of rotatable bonds is 4. The summed E-state index contributed by atoms with van der Waals surface area (Å²) >= 11 is 5.08. The zero-order chi connectivity index (χ0) is 10.7. The molecule has 0 aliphatic carbocycles. The molecule has 0 atom stereocenters. The Labute approximate surface area is 101 Å². The van der Waals surface area contributed by atoms with E-state index in [2.05, 4.69) is 38.5 Å². The van der Waals surface area contributed by atoms with Gasteiger partial charge < -0.3 is 9.73 Å². The van der Waals surface area contributed by atoms with E-state index < -0.39 is 0 Å². The summed E-state index contributed by atoms with van der Waals surface area (Å²) < 4.78 is 6.50. The van der Waals surface area contributed by atoms with Crippen molar-refractivity contribution in [3.05, 3.63) is 27.3 Å². The second kappa shape index (κ2) is 4.92. The van der Waals surface area contributed by atoms with Crippen molar-refractivity contribution in [2.75, 3.05) is 6.54 Å². The molecule has 80 valence electrons. The van der Waals surface area contributed by atoms with Gasteiger partial charge in [0.05, 0.1) is 3.79 Å². The molecule has 0 aliphatic rings. The molecule has 0 fully saturated rings. The highest BCUT2D eigenvalue weighted by atomic mass is 79.9. The van der Waals surface area contributed by atoms with E-state index in [4.69, 9.17) is 4.42 Å². The SMILES string of the molecule is CCNCc1ncoc1-c1csc(Br)c1. The number of aromatic nitrogens is 1. The molecule has 2 heterocycles. The first-order valence-electron chi connectivity index (χ1n) is 4.68. The van der Waals surface area contributed by atoms with Crippen molar-refractivity contribution >= 4 is 27.3 Å². The van der Waals surface area contributed by atoms with Crippen molar-refractivity contribution < 1.29 is 4.42 Å². The lowest BCUT2D eigenvalue weighted by molar-refractivity contribution is 0.570. The van der Waals surface area contributed by atoms with Gasteiger partial charge in [-0.05, 0) is 28.5 Å². The third kappa shape index (κ3) is 2.48. The van der Waals surface area contributed by atoms with Crippen LogP contribution in [0.2, 0.25) is 0 Å². The van der Waals surface area contributed by atoms with Gasteiger partial charge in [0.2, 0.25) is 0 Å². The summed E-state index contributed by atoms with van der Waals surface area (Å²) in [6.07, 6.45) is 1.49. The van der Waals surface area contributed by atoms with Gasteiger partial charge in [-0.1, -0.05) is 6.92 Å². The monoisotopic (exact) mass is 286 g/mol. The molecule has 0 bridgehead atoms. The molecule has 0 amide bonds. The predicted octanol–water partition coefficient (Wildman–Crippen LogP) is 3.28. The Morgan fingerprint density at radius 1 is 1.60 bits per heavy atom. The fourth-order valence-electron chi connectivity index (χ4n) is 1.30. The molecule has 15 heavy (non-hydrogen) atoms. The molecule has 0 spiro atoms. The smallest absolute Gasteiger partial charge is 0.181 e. The first-order valence-corrected chi connectivity index (χ1v) is 6.36. The second-order valence-electron chi connectivity index (χ2n) is 3.05. The Kier molecular flexibility index (Phi) is 3.56. The molecule has 0 aliphatic heterocycles. The van der Waals surface area contributed by atoms with Crippen LogP contribution in [0.1, 0.15) is 12.6 Å². The molecule has 2 rings (SSSR count). The average Bonchev–Trinajstić information content (AvgIpc) is 2.82. The van der Waals surface area contributed by atoms with Crippen molar-refractivity contribution in [1.29, 1.82) is 0 Å². The Morgan fingerprint density at radius 2 is 2.47 bits per heavy atom. The summed E-state index contributed by atoms with van der Waals surface area (Å²) in [4.78, 5) is 4.20. The molecular formula is C10H11BrN2OS. The van der Waals surface area contributed by atoms with Crippen molar-refractivity contribution in [2.24, 2.45) is 0 Å². The zero-order valence-electron chi connectivity index (χ0n) is 8.29. The van der Waals surface area contributed by atoms with Gasteiger partial charge in [-0.3, -0.25) is 0 Å².